The van der Waals surface area contributed by atoms with Crippen molar-refractivity contribution in [1.29, 1.82) is 0 Å². The first kappa shape index (κ1) is 13.2. The molecule has 2 aromatic rings. The fourth-order valence-electron chi connectivity index (χ4n) is 1.54. The number of hydrogen-bond acceptors (Lipinski definition) is 3. The number of carbonyl (C=O) groups is 1. The number of thioether (sulfide) groups is 1. The molecule has 0 fully saturated rings. The molecule has 1 aromatic heterocycles. The molecule has 2 N–H and O–H groups in total. The smallest absolute Gasteiger partial charge is 0.235 e. The summed E-state index contributed by atoms with van der Waals surface area (Å²) in [6.45, 7) is 0. The van der Waals surface area contributed by atoms with Gasteiger partial charge in [-0.25, -0.2) is 0 Å². The van der Waals surface area contributed by atoms with E-state index in [1.807, 2.05) is 36.4 Å². The van der Waals surface area contributed by atoms with Crippen molar-refractivity contribution in [3.8, 4) is 0 Å². The number of furan rings is 1. The summed E-state index contributed by atoms with van der Waals surface area (Å²) in [6.07, 6.45) is 1.62. The molecule has 0 saturated carbocycles. The Hall–Kier alpha value is -1.20. The van der Waals surface area contributed by atoms with Crippen molar-refractivity contribution in [3.05, 3.63) is 58.5 Å². The number of primary amides is 1. The van der Waals surface area contributed by atoms with Gasteiger partial charge in [-0.15, -0.1) is 11.8 Å². The second kappa shape index (κ2) is 6.11. The topological polar surface area (TPSA) is 56.2 Å². The molecule has 0 aliphatic rings. The third-order valence-corrected chi connectivity index (χ3v) is 4.22. The SMILES string of the molecule is NC(=O)C(SCc1ccco1)c1ccc(Br)cc1. The van der Waals surface area contributed by atoms with Crippen molar-refractivity contribution in [3.63, 3.8) is 0 Å². The minimum Gasteiger partial charge on any atom is -0.468 e. The summed E-state index contributed by atoms with van der Waals surface area (Å²) in [4.78, 5) is 11.5. The van der Waals surface area contributed by atoms with Crippen molar-refractivity contribution in [1.82, 2.24) is 0 Å². The first-order valence-electron chi connectivity index (χ1n) is 5.35. The van der Waals surface area contributed by atoms with E-state index in [2.05, 4.69) is 15.9 Å². The molecule has 94 valence electrons. The van der Waals surface area contributed by atoms with Crippen LogP contribution >= 0.6 is 27.7 Å². The molecular formula is C13H12BrNO2S. The van der Waals surface area contributed by atoms with Gasteiger partial charge in [0.25, 0.3) is 0 Å². The summed E-state index contributed by atoms with van der Waals surface area (Å²) in [5, 5.41) is -0.358. The number of halogens is 1. The predicted octanol–water partition coefficient (Wildman–Crippen LogP) is 3.50. The molecular weight excluding hydrogens is 314 g/mol. The number of hydrogen-bond donors (Lipinski definition) is 1. The predicted molar refractivity (Wildman–Crippen MR) is 76.1 cm³/mol. The average molecular weight is 326 g/mol. The second-order valence-electron chi connectivity index (χ2n) is 3.72. The number of rotatable bonds is 5. The first-order chi connectivity index (χ1) is 8.66. The Bertz CT molecular complexity index is 510. The largest absolute Gasteiger partial charge is 0.468 e. The maximum absolute atomic E-state index is 11.5. The highest BCUT2D eigenvalue weighted by Gasteiger charge is 2.18. The third kappa shape index (κ3) is 3.40. The summed E-state index contributed by atoms with van der Waals surface area (Å²) in [7, 11) is 0. The van der Waals surface area contributed by atoms with E-state index in [1.165, 1.54) is 11.8 Å². The van der Waals surface area contributed by atoms with Crippen LogP contribution < -0.4 is 5.73 Å². The highest BCUT2D eigenvalue weighted by Crippen LogP contribution is 2.32. The Morgan fingerprint density at radius 1 is 1.33 bits per heavy atom. The van der Waals surface area contributed by atoms with Gasteiger partial charge >= 0.3 is 0 Å². The number of carbonyl (C=O) groups excluding carboxylic acids is 1. The van der Waals surface area contributed by atoms with Gasteiger partial charge in [0, 0.05) is 4.47 Å². The van der Waals surface area contributed by atoms with Crippen molar-refractivity contribution in [2.24, 2.45) is 5.73 Å². The lowest BCUT2D eigenvalue weighted by Gasteiger charge is -2.12. The molecule has 5 heteroatoms. The zero-order valence-corrected chi connectivity index (χ0v) is 11.9. The van der Waals surface area contributed by atoms with Crippen LogP contribution in [0.2, 0.25) is 0 Å². The molecule has 1 amide bonds. The molecule has 1 aromatic carbocycles. The molecule has 0 bridgehead atoms. The van der Waals surface area contributed by atoms with Gasteiger partial charge in [0.2, 0.25) is 5.91 Å². The van der Waals surface area contributed by atoms with Crippen molar-refractivity contribution in [2.45, 2.75) is 11.0 Å². The van der Waals surface area contributed by atoms with Gasteiger partial charge < -0.3 is 10.2 Å². The minimum atomic E-state index is -0.358. The van der Waals surface area contributed by atoms with E-state index < -0.39 is 0 Å². The number of nitrogens with two attached hydrogens (primary N) is 1. The van der Waals surface area contributed by atoms with E-state index in [1.54, 1.807) is 6.26 Å². The summed E-state index contributed by atoms with van der Waals surface area (Å²) >= 11 is 4.83. The van der Waals surface area contributed by atoms with Crippen molar-refractivity contribution in [2.75, 3.05) is 0 Å². The monoisotopic (exact) mass is 325 g/mol. The molecule has 0 aliphatic heterocycles. The van der Waals surface area contributed by atoms with Crippen LogP contribution in [-0.2, 0) is 10.5 Å². The van der Waals surface area contributed by atoms with E-state index in [0.717, 1.165) is 15.8 Å². The van der Waals surface area contributed by atoms with Crippen LogP contribution in [0.1, 0.15) is 16.6 Å². The van der Waals surface area contributed by atoms with Crippen LogP contribution in [0.25, 0.3) is 0 Å². The van der Waals surface area contributed by atoms with E-state index in [4.69, 9.17) is 10.2 Å². The molecule has 2 rings (SSSR count). The first-order valence-corrected chi connectivity index (χ1v) is 7.20. The Labute approximate surface area is 118 Å². The van der Waals surface area contributed by atoms with Gasteiger partial charge in [0.1, 0.15) is 11.0 Å². The normalized spacial score (nSPS) is 12.3. The summed E-state index contributed by atoms with van der Waals surface area (Å²) in [5.41, 5.74) is 6.35. The summed E-state index contributed by atoms with van der Waals surface area (Å²) in [6, 6.07) is 11.3. The van der Waals surface area contributed by atoms with Crippen LogP contribution in [-0.4, -0.2) is 5.91 Å². The molecule has 1 unspecified atom stereocenters. The quantitative estimate of drug-likeness (QED) is 0.915. The molecule has 0 spiro atoms. The van der Waals surface area contributed by atoms with E-state index in [-0.39, 0.29) is 11.2 Å². The van der Waals surface area contributed by atoms with E-state index in [9.17, 15) is 4.79 Å². The molecule has 18 heavy (non-hydrogen) atoms. The van der Waals surface area contributed by atoms with Crippen LogP contribution in [0.4, 0.5) is 0 Å². The highest BCUT2D eigenvalue weighted by molar-refractivity contribution is 9.10. The molecule has 0 radical (unpaired) electrons. The van der Waals surface area contributed by atoms with E-state index in [0.29, 0.717) is 5.75 Å². The van der Waals surface area contributed by atoms with Crippen LogP contribution in [0.15, 0.2) is 51.6 Å². The van der Waals surface area contributed by atoms with Gasteiger partial charge in [0.15, 0.2) is 0 Å². The van der Waals surface area contributed by atoms with E-state index >= 15 is 0 Å². The number of amides is 1. The molecule has 0 aliphatic carbocycles. The van der Waals surface area contributed by atoms with Crippen molar-refractivity contribution >= 4 is 33.6 Å². The lowest BCUT2D eigenvalue weighted by molar-refractivity contribution is -0.117. The summed E-state index contributed by atoms with van der Waals surface area (Å²) < 4.78 is 6.22. The average Bonchev–Trinajstić information content (AvgIpc) is 2.84. The minimum absolute atomic E-state index is 0.339. The van der Waals surface area contributed by atoms with Gasteiger partial charge in [-0.3, -0.25) is 4.79 Å². The number of benzene rings is 1. The lowest BCUT2D eigenvalue weighted by atomic mass is 10.1. The van der Waals surface area contributed by atoms with Crippen LogP contribution in [0.5, 0.6) is 0 Å². The summed E-state index contributed by atoms with van der Waals surface area (Å²) in [5.74, 6) is 1.12. The fourth-order valence-corrected chi connectivity index (χ4v) is 2.81. The zero-order chi connectivity index (χ0) is 13.0. The van der Waals surface area contributed by atoms with Crippen LogP contribution in [0, 0.1) is 0 Å². The Kier molecular flexibility index (Phi) is 4.49. The standard InChI is InChI=1S/C13H12BrNO2S/c14-10-5-3-9(4-6-10)12(13(15)16)18-8-11-2-1-7-17-11/h1-7,12H,8H2,(H2,15,16). The molecule has 3 nitrogen and oxygen atoms in total. The Morgan fingerprint density at radius 3 is 2.61 bits per heavy atom. The molecule has 1 heterocycles. The molecule has 1 atom stereocenters. The highest BCUT2D eigenvalue weighted by atomic mass is 79.9. The Balaban J connectivity index is 2.08. The fraction of sp³-hybridized carbons (Fsp3) is 0.154. The van der Waals surface area contributed by atoms with Gasteiger partial charge in [-0.2, -0.15) is 0 Å². The zero-order valence-electron chi connectivity index (χ0n) is 9.51. The lowest BCUT2D eigenvalue weighted by Crippen LogP contribution is -2.19. The second-order valence-corrected chi connectivity index (χ2v) is 5.73. The van der Waals surface area contributed by atoms with Crippen molar-refractivity contribution < 1.29 is 9.21 Å². The van der Waals surface area contributed by atoms with Crippen LogP contribution in [0.3, 0.4) is 0 Å². The maximum atomic E-state index is 11.5. The molecule has 0 saturated heterocycles. The third-order valence-electron chi connectivity index (χ3n) is 2.40. The van der Waals surface area contributed by atoms with Gasteiger partial charge in [-0.1, -0.05) is 28.1 Å². The van der Waals surface area contributed by atoms with Gasteiger partial charge in [0.05, 0.1) is 12.0 Å². The Morgan fingerprint density at radius 2 is 2.06 bits per heavy atom. The maximum Gasteiger partial charge on any atom is 0.235 e. The van der Waals surface area contributed by atoms with Gasteiger partial charge in [-0.05, 0) is 29.8 Å².